The number of nitrogens with two attached hydrogens (primary N) is 1. The maximum absolute atomic E-state index is 11.0. The van der Waals surface area contributed by atoms with Gasteiger partial charge in [-0.05, 0) is 15.9 Å². The number of carbonyl (C=O) groups excluding carboxylic acids is 1. The van der Waals surface area contributed by atoms with Crippen molar-refractivity contribution in [2.24, 2.45) is 10.7 Å². The molecule has 0 bridgehead atoms. The molecule has 0 unspecified atom stereocenters. The Balaban J connectivity index is 2.93. The van der Waals surface area contributed by atoms with Crippen LogP contribution >= 0.6 is 15.9 Å². The van der Waals surface area contributed by atoms with Crippen LogP contribution in [-0.2, 0) is 9.53 Å². The molecule has 1 heterocycles. The average Bonchev–Trinajstić information content (AvgIpc) is 2.08. The van der Waals surface area contributed by atoms with Crippen LogP contribution in [0.1, 0.15) is 0 Å². The minimum Gasteiger partial charge on any atom is -0.464 e. The van der Waals surface area contributed by atoms with Crippen LogP contribution in [0.15, 0.2) is 16.5 Å². The van der Waals surface area contributed by atoms with E-state index in [0.717, 1.165) is 0 Å². The van der Waals surface area contributed by atoms with Gasteiger partial charge in [-0.2, -0.15) is 0 Å². The van der Waals surface area contributed by atoms with Crippen molar-refractivity contribution in [1.82, 2.24) is 5.32 Å². The topological polar surface area (TPSA) is 76.7 Å². The van der Waals surface area contributed by atoms with Gasteiger partial charge in [-0.3, -0.25) is 0 Å². The molecule has 0 aromatic rings. The van der Waals surface area contributed by atoms with Gasteiger partial charge in [0.25, 0.3) is 0 Å². The second-order valence-corrected chi connectivity index (χ2v) is 3.01. The highest BCUT2D eigenvalue weighted by Crippen LogP contribution is 2.08. The molecule has 3 N–H and O–H groups in total. The van der Waals surface area contributed by atoms with E-state index >= 15 is 0 Å². The summed E-state index contributed by atoms with van der Waals surface area (Å²) in [5.74, 6) is -0.304. The Hall–Kier alpha value is -1.04. The number of aliphatic imine (C=N–C) groups is 1. The molecule has 0 saturated carbocycles. The molecule has 0 aliphatic carbocycles. The molecule has 6 heteroatoms. The van der Waals surface area contributed by atoms with Gasteiger partial charge in [-0.25, -0.2) is 9.79 Å². The number of rotatable bonds is 1. The molecule has 0 aromatic heterocycles. The summed E-state index contributed by atoms with van der Waals surface area (Å²) in [5.41, 5.74) is 5.56. The van der Waals surface area contributed by atoms with Crippen LogP contribution < -0.4 is 11.1 Å². The summed E-state index contributed by atoms with van der Waals surface area (Å²) >= 11 is 3.14. The molecule has 1 aliphatic heterocycles. The maximum atomic E-state index is 11.0. The van der Waals surface area contributed by atoms with Gasteiger partial charge >= 0.3 is 5.97 Å². The zero-order valence-electron chi connectivity index (χ0n) is 6.43. The largest absolute Gasteiger partial charge is 0.464 e. The van der Waals surface area contributed by atoms with Gasteiger partial charge in [0.1, 0.15) is 10.4 Å². The third-order valence-electron chi connectivity index (χ3n) is 1.29. The Morgan fingerprint density at radius 3 is 3.08 bits per heavy atom. The third-order valence-corrected chi connectivity index (χ3v) is 1.75. The first-order valence-corrected chi connectivity index (χ1v) is 3.99. The van der Waals surface area contributed by atoms with E-state index in [1.54, 1.807) is 0 Å². The predicted molar refractivity (Wildman–Crippen MR) is 47.6 cm³/mol. The smallest absolute Gasteiger partial charge is 0.360 e. The number of ether oxygens (including phenoxy) is 1. The second-order valence-electron chi connectivity index (χ2n) is 2.10. The van der Waals surface area contributed by atoms with Crippen LogP contribution in [0.5, 0.6) is 0 Å². The summed E-state index contributed by atoms with van der Waals surface area (Å²) in [6.45, 7) is 0.492. The Bertz CT molecular complexity index is 272. The monoisotopic (exact) mass is 233 g/mol. The van der Waals surface area contributed by atoms with Crippen LogP contribution in [0.4, 0.5) is 0 Å². The van der Waals surface area contributed by atoms with Crippen molar-refractivity contribution in [2.45, 2.75) is 0 Å². The van der Waals surface area contributed by atoms with Crippen LogP contribution in [-0.4, -0.2) is 24.2 Å². The number of hydrogen-bond donors (Lipinski definition) is 2. The number of methoxy groups -OCH3 is 1. The molecule has 66 valence electrons. The van der Waals surface area contributed by atoms with E-state index in [-0.39, 0.29) is 11.5 Å². The van der Waals surface area contributed by atoms with Crippen molar-refractivity contribution in [2.75, 3.05) is 13.7 Å². The van der Waals surface area contributed by atoms with Crippen molar-refractivity contribution >= 4 is 26.5 Å². The zero-order chi connectivity index (χ0) is 9.14. The molecular weight excluding hydrogens is 226 g/mol. The average molecular weight is 234 g/mol. The molecule has 0 atom stereocenters. The fraction of sp³-hybridized carbons (Fsp3) is 0.333. The predicted octanol–water partition coefficient (Wildman–Crippen LogP) is -0.316. The van der Waals surface area contributed by atoms with E-state index in [0.29, 0.717) is 11.2 Å². The van der Waals surface area contributed by atoms with Crippen LogP contribution in [0.3, 0.4) is 0 Å². The molecule has 0 spiro atoms. The molecule has 0 fully saturated rings. The Morgan fingerprint density at radius 2 is 2.50 bits per heavy atom. The van der Waals surface area contributed by atoms with Crippen molar-refractivity contribution in [3.8, 4) is 0 Å². The Morgan fingerprint density at radius 1 is 1.83 bits per heavy atom. The van der Waals surface area contributed by atoms with Gasteiger partial charge in [0.15, 0.2) is 5.70 Å². The van der Waals surface area contributed by atoms with E-state index < -0.39 is 5.97 Å². The maximum Gasteiger partial charge on any atom is 0.360 e. The molecule has 5 nitrogen and oxygen atoms in total. The fourth-order valence-electron chi connectivity index (χ4n) is 0.725. The fourth-order valence-corrected chi connectivity index (χ4v) is 1.04. The summed E-state index contributed by atoms with van der Waals surface area (Å²) in [5, 5.41) is 2.78. The van der Waals surface area contributed by atoms with Crippen LogP contribution in [0, 0.1) is 0 Å². The first kappa shape index (κ1) is 9.05. The lowest BCUT2D eigenvalue weighted by Gasteiger charge is -2.13. The van der Waals surface area contributed by atoms with Gasteiger partial charge < -0.3 is 15.8 Å². The highest BCUT2D eigenvalue weighted by molar-refractivity contribution is 9.18. The number of esters is 1. The van der Waals surface area contributed by atoms with E-state index in [2.05, 4.69) is 31.0 Å². The first-order chi connectivity index (χ1) is 5.65. The van der Waals surface area contributed by atoms with E-state index in [1.165, 1.54) is 7.11 Å². The number of hydrogen-bond acceptors (Lipinski definition) is 5. The van der Waals surface area contributed by atoms with Gasteiger partial charge in [0, 0.05) is 0 Å². The number of carbonyl (C=O) groups is 1. The molecule has 0 saturated heterocycles. The lowest BCUT2D eigenvalue weighted by molar-refractivity contribution is -0.136. The normalized spacial score (nSPS) is 16.7. The van der Waals surface area contributed by atoms with Crippen molar-refractivity contribution in [3.05, 3.63) is 11.5 Å². The number of nitrogens with zero attached hydrogens (tertiary/aromatic N) is 1. The highest BCUT2D eigenvalue weighted by Gasteiger charge is 2.17. The minimum absolute atomic E-state index is 0.107. The molecule has 12 heavy (non-hydrogen) atoms. The summed E-state index contributed by atoms with van der Waals surface area (Å²) in [4.78, 5) is 14.9. The highest BCUT2D eigenvalue weighted by atomic mass is 79.9. The molecule has 1 aliphatic rings. The van der Waals surface area contributed by atoms with Gasteiger partial charge in [-0.15, -0.1) is 0 Å². The van der Waals surface area contributed by atoms with Gasteiger partial charge in [0.2, 0.25) is 0 Å². The lowest BCUT2D eigenvalue weighted by atomic mass is 10.4. The summed E-state index contributed by atoms with van der Waals surface area (Å²) in [7, 11) is 1.28. The van der Waals surface area contributed by atoms with E-state index in [4.69, 9.17) is 5.73 Å². The molecule has 0 aromatic carbocycles. The molecule has 1 rings (SSSR count). The van der Waals surface area contributed by atoms with Crippen molar-refractivity contribution in [1.29, 1.82) is 0 Å². The SMILES string of the molecule is COC(=O)C1=C(N)NCC(Br)=N1. The van der Waals surface area contributed by atoms with E-state index in [1.807, 2.05) is 0 Å². The Labute approximate surface area is 77.8 Å². The van der Waals surface area contributed by atoms with E-state index in [9.17, 15) is 4.79 Å². The first-order valence-electron chi connectivity index (χ1n) is 3.20. The second kappa shape index (κ2) is 3.57. The standard InChI is InChI=1S/C6H8BrN3O2/c1-12-6(11)4-5(8)9-2-3(7)10-4/h9H,2,8H2,1H3. The molecule has 0 amide bonds. The van der Waals surface area contributed by atoms with Crippen molar-refractivity contribution in [3.63, 3.8) is 0 Å². The van der Waals surface area contributed by atoms with Crippen LogP contribution in [0.25, 0.3) is 0 Å². The lowest BCUT2D eigenvalue weighted by Crippen LogP contribution is -2.31. The molecule has 0 radical (unpaired) electrons. The van der Waals surface area contributed by atoms with Gasteiger partial charge in [-0.1, -0.05) is 0 Å². The summed E-state index contributed by atoms with van der Waals surface area (Å²) in [6.07, 6.45) is 0. The minimum atomic E-state index is -0.545. The zero-order valence-corrected chi connectivity index (χ0v) is 8.01. The summed E-state index contributed by atoms with van der Waals surface area (Å²) < 4.78 is 5.09. The third kappa shape index (κ3) is 1.76. The number of halogens is 1. The summed E-state index contributed by atoms with van der Waals surface area (Å²) in [6, 6.07) is 0. The van der Waals surface area contributed by atoms with Crippen molar-refractivity contribution < 1.29 is 9.53 Å². The Kier molecular flexibility index (Phi) is 2.69. The quantitative estimate of drug-likeness (QED) is 0.610. The number of nitrogens with one attached hydrogen (secondary N) is 1. The van der Waals surface area contributed by atoms with Crippen LogP contribution in [0.2, 0.25) is 0 Å². The molecular formula is C6H8BrN3O2. The van der Waals surface area contributed by atoms with Gasteiger partial charge in [0.05, 0.1) is 13.7 Å².